The zero-order chi connectivity index (χ0) is 12.6. The van der Waals surface area contributed by atoms with Crippen molar-refractivity contribution in [3.63, 3.8) is 0 Å². The van der Waals surface area contributed by atoms with E-state index < -0.39 is 11.4 Å². The number of aliphatic hydroxyl groups is 1. The molecule has 5 nitrogen and oxygen atoms in total. The van der Waals surface area contributed by atoms with Gasteiger partial charge in [0.05, 0.1) is 17.2 Å². The molecule has 0 bridgehead atoms. The SMILES string of the molecule is CC(Nc1ccc2oc(=O)[nH]c2c1)C(C)(C)O. The Labute approximate surface area is 98.5 Å². The third-order valence-corrected chi connectivity index (χ3v) is 2.86. The van der Waals surface area contributed by atoms with E-state index in [0.717, 1.165) is 5.69 Å². The van der Waals surface area contributed by atoms with Crippen molar-refractivity contribution in [2.45, 2.75) is 32.4 Å². The van der Waals surface area contributed by atoms with Gasteiger partial charge >= 0.3 is 5.76 Å². The molecule has 0 aliphatic rings. The normalized spacial score (nSPS) is 13.9. The summed E-state index contributed by atoms with van der Waals surface area (Å²) in [5.41, 5.74) is 1.17. The molecule has 0 amide bonds. The van der Waals surface area contributed by atoms with Gasteiger partial charge in [-0.15, -0.1) is 0 Å². The van der Waals surface area contributed by atoms with Gasteiger partial charge in [-0.3, -0.25) is 4.98 Å². The van der Waals surface area contributed by atoms with Crippen LogP contribution in [0.2, 0.25) is 0 Å². The maximum Gasteiger partial charge on any atom is 0.417 e. The third-order valence-electron chi connectivity index (χ3n) is 2.86. The molecule has 0 fully saturated rings. The van der Waals surface area contributed by atoms with Crippen LogP contribution in [0.4, 0.5) is 5.69 Å². The van der Waals surface area contributed by atoms with Crippen LogP contribution < -0.4 is 11.1 Å². The molecule has 1 unspecified atom stereocenters. The lowest BCUT2D eigenvalue weighted by Gasteiger charge is -2.27. The number of benzene rings is 1. The van der Waals surface area contributed by atoms with Crippen LogP contribution in [-0.4, -0.2) is 21.7 Å². The lowest BCUT2D eigenvalue weighted by Crippen LogP contribution is -2.39. The zero-order valence-electron chi connectivity index (χ0n) is 10.1. The maximum atomic E-state index is 11.0. The predicted octanol–water partition coefficient (Wildman–Crippen LogP) is 1.69. The topological polar surface area (TPSA) is 78.3 Å². The number of hydrogen-bond donors (Lipinski definition) is 3. The highest BCUT2D eigenvalue weighted by atomic mass is 16.4. The molecule has 5 heteroatoms. The number of hydrogen-bond acceptors (Lipinski definition) is 4. The van der Waals surface area contributed by atoms with Gasteiger partial charge < -0.3 is 14.8 Å². The number of nitrogens with one attached hydrogen (secondary N) is 2. The fourth-order valence-corrected chi connectivity index (χ4v) is 1.47. The summed E-state index contributed by atoms with van der Waals surface area (Å²) in [6.07, 6.45) is 0. The van der Waals surface area contributed by atoms with Crippen LogP contribution in [0, 0.1) is 0 Å². The fraction of sp³-hybridized carbons (Fsp3) is 0.417. The van der Waals surface area contributed by atoms with Gasteiger partial charge in [0.25, 0.3) is 0 Å². The molecule has 0 radical (unpaired) electrons. The standard InChI is InChI=1S/C12H16N2O3/c1-7(12(2,3)16)13-8-4-5-10-9(6-8)14-11(15)17-10/h4-7,13,16H,1-3H3,(H,14,15). The van der Waals surface area contributed by atoms with Crippen molar-refractivity contribution in [1.82, 2.24) is 4.98 Å². The second-order valence-electron chi connectivity index (χ2n) is 4.75. The monoisotopic (exact) mass is 236 g/mol. The first-order valence-corrected chi connectivity index (χ1v) is 5.48. The first-order chi connectivity index (χ1) is 7.86. The molecule has 2 aromatic rings. The fourth-order valence-electron chi connectivity index (χ4n) is 1.47. The molecule has 0 saturated carbocycles. The zero-order valence-corrected chi connectivity index (χ0v) is 10.1. The molecule has 1 heterocycles. The van der Waals surface area contributed by atoms with Gasteiger partial charge in [0.2, 0.25) is 0 Å². The van der Waals surface area contributed by atoms with Gasteiger partial charge in [-0.25, -0.2) is 4.79 Å². The van der Waals surface area contributed by atoms with E-state index in [-0.39, 0.29) is 6.04 Å². The Morgan fingerprint density at radius 3 is 2.82 bits per heavy atom. The van der Waals surface area contributed by atoms with E-state index in [1.807, 2.05) is 6.92 Å². The molecular formula is C12H16N2O3. The summed E-state index contributed by atoms with van der Waals surface area (Å²) in [6.45, 7) is 5.37. The van der Waals surface area contributed by atoms with E-state index in [9.17, 15) is 9.90 Å². The quantitative estimate of drug-likeness (QED) is 0.757. The lowest BCUT2D eigenvalue weighted by molar-refractivity contribution is 0.0649. The summed E-state index contributed by atoms with van der Waals surface area (Å²) in [5.74, 6) is -0.465. The maximum absolute atomic E-state index is 11.0. The minimum Gasteiger partial charge on any atom is -0.408 e. The van der Waals surface area contributed by atoms with Crippen molar-refractivity contribution < 1.29 is 9.52 Å². The Balaban J connectivity index is 2.28. The molecular weight excluding hydrogens is 220 g/mol. The largest absolute Gasteiger partial charge is 0.417 e. The van der Waals surface area contributed by atoms with Gasteiger partial charge in [0.1, 0.15) is 0 Å². The Bertz CT molecular complexity index is 577. The van der Waals surface area contributed by atoms with Crippen molar-refractivity contribution in [3.05, 3.63) is 28.7 Å². The van der Waals surface area contributed by atoms with E-state index in [1.165, 1.54) is 0 Å². The second kappa shape index (κ2) is 3.92. The molecule has 92 valence electrons. The Hall–Kier alpha value is -1.75. The van der Waals surface area contributed by atoms with Crippen molar-refractivity contribution in [2.75, 3.05) is 5.32 Å². The van der Waals surface area contributed by atoms with E-state index in [4.69, 9.17) is 4.42 Å². The van der Waals surface area contributed by atoms with Crippen molar-refractivity contribution >= 4 is 16.8 Å². The van der Waals surface area contributed by atoms with E-state index in [2.05, 4.69) is 10.3 Å². The summed E-state index contributed by atoms with van der Waals surface area (Å²) in [7, 11) is 0. The summed E-state index contributed by atoms with van der Waals surface area (Å²) in [6, 6.07) is 5.19. The molecule has 0 spiro atoms. The Kier molecular flexibility index (Phi) is 2.71. The number of oxazole rings is 1. The smallest absolute Gasteiger partial charge is 0.408 e. The van der Waals surface area contributed by atoms with Crippen LogP contribution >= 0.6 is 0 Å². The molecule has 0 aliphatic heterocycles. The lowest BCUT2D eigenvalue weighted by atomic mass is 10.0. The van der Waals surface area contributed by atoms with Gasteiger partial charge in [-0.05, 0) is 39.0 Å². The predicted molar refractivity (Wildman–Crippen MR) is 66.2 cm³/mol. The van der Waals surface area contributed by atoms with Gasteiger partial charge in [0, 0.05) is 5.69 Å². The van der Waals surface area contributed by atoms with E-state index in [1.54, 1.807) is 32.0 Å². The summed E-state index contributed by atoms with van der Waals surface area (Å²) in [4.78, 5) is 13.6. The molecule has 1 atom stereocenters. The van der Waals surface area contributed by atoms with Crippen LogP contribution in [-0.2, 0) is 0 Å². The highest BCUT2D eigenvalue weighted by Crippen LogP contribution is 2.19. The van der Waals surface area contributed by atoms with E-state index >= 15 is 0 Å². The first-order valence-electron chi connectivity index (χ1n) is 5.48. The van der Waals surface area contributed by atoms with Crippen LogP contribution in [0.3, 0.4) is 0 Å². The number of aromatic amines is 1. The molecule has 2 rings (SSSR count). The molecule has 3 N–H and O–H groups in total. The number of anilines is 1. The van der Waals surface area contributed by atoms with Crippen molar-refractivity contribution in [2.24, 2.45) is 0 Å². The van der Waals surface area contributed by atoms with Crippen LogP contribution in [0.1, 0.15) is 20.8 Å². The van der Waals surface area contributed by atoms with Crippen LogP contribution in [0.15, 0.2) is 27.4 Å². The van der Waals surface area contributed by atoms with Crippen LogP contribution in [0.25, 0.3) is 11.1 Å². The summed E-state index contributed by atoms with van der Waals surface area (Å²) >= 11 is 0. The number of fused-ring (bicyclic) bond motifs is 1. The van der Waals surface area contributed by atoms with Gasteiger partial charge in [0.15, 0.2) is 5.58 Å². The second-order valence-corrected chi connectivity index (χ2v) is 4.75. The first kappa shape index (κ1) is 11.7. The Morgan fingerprint density at radius 1 is 1.47 bits per heavy atom. The number of aromatic nitrogens is 1. The highest BCUT2D eigenvalue weighted by Gasteiger charge is 2.21. The van der Waals surface area contributed by atoms with Crippen molar-refractivity contribution in [3.8, 4) is 0 Å². The number of H-pyrrole nitrogens is 1. The van der Waals surface area contributed by atoms with Gasteiger partial charge in [-0.1, -0.05) is 0 Å². The molecule has 0 aliphatic carbocycles. The molecule has 1 aromatic carbocycles. The highest BCUT2D eigenvalue weighted by molar-refractivity contribution is 5.76. The average molecular weight is 236 g/mol. The molecule has 0 saturated heterocycles. The number of rotatable bonds is 3. The Morgan fingerprint density at radius 2 is 2.18 bits per heavy atom. The van der Waals surface area contributed by atoms with Gasteiger partial charge in [-0.2, -0.15) is 0 Å². The molecule has 1 aromatic heterocycles. The van der Waals surface area contributed by atoms with Crippen LogP contribution in [0.5, 0.6) is 0 Å². The third kappa shape index (κ3) is 2.50. The van der Waals surface area contributed by atoms with E-state index in [0.29, 0.717) is 11.1 Å². The minimum atomic E-state index is -0.821. The molecule has 17 heavy (non-hydrogen) atoms. The summed E-state index contributed by atoms with van der Waals surface area (Å²) in [5, 5.41) is 13.0. The summed E-state index contributed by atoms with van der Waals surface area (Å²) < 4.78 is 4.91. The minimum absolute atomic E-state index is 0.112. The van der Waals surface area contributed by atoms with Crippen molar-refractivity contribution in [1.29, 1.82) is 0 Å². The average Bonchev–Trinajstić information content (AvgIpc) is 2.55.